The Morgan fingerprint density at radius 3 is 2.82 bits per heavy atom. The number of rotatable bonds is 3. The van der Waals surface area contributed by atoms with E-state index < -0.39 is 5.97 Å². The Bertz CT molecular complexity index is 473. The van der Waals surface area contributed by atoms with E-state index in [1.54, 1.807) is 12.1 Å². The molecule has 90 valence electrons. The minimum Gasteiger partial charge on any atom is -0.478 e. The molecule has 17 heavy (non-hydrogen) atoms. The molecule has 1 aliphatic rings. The lowest BCUT2D eigenvalue weighted by molar-refractivity contribution is -0.119. The SMILES string of the molecule is Nc1cc(NC2CNC(=O)C2)ccc1C(=O)O. The number of nitrogens with two attached hydrogens (primary N) is 1. The number of nitrogens with one attached hydrogen (secondary N) is 2. The van der Waals surface area contributed by atoms with Gasteiger partial charge in [-0.15, -0.1) is 0 Å². The second-order valence-corrected chi connectivity index (χ2v) is 3.96. The van der Waals surface area contributed by atoms with Gasteiger partial charge < -0.3 is 21.5 Å². The lowest BCUT2D eigenvalue weighted by Gasteiger charge is -2.13. The molecule has 1 amide bonds. The fourth-order valence-corrected chi connectivity index (χ4v) is 1.79. The van der Waals surface area contributed by atoms with E-state index in [1.807, 2.05) is 0 Å². The second kappa shape index (κ2) is 4.32. The first-order chi connectivity index (χ1) is 8.06. The monoisotopic (exact) mass is 235 g/mol. The lowest BCUT2D eigenvalue weighted by atomic mass is 10.1. The van der Waals surface area contributed by atoms with Crippen molar-refractivity contribution >= 4 is 23.3 Å². The van der Waals surface area contributed by atoms with Crippen molar-refractivity contribution in [2.45, 2.75) is 12.5 Å². The van der Waals surface area contributed by atoms with Gasteiger partial charge in [0.1, 0.15) is 0 Å². The van der Waals surface area contributed by atoms with Gasteiger partial charge in [0.2, 0.25) is 5.91 Å². The van der Waals surface area contributed by atoms with E-state index >= 15 is 0 Å². The van der Waals surface area contributed by atoms with E-state index in [9.17, 15) is 9.59 Å². The number of anilines is 2. The Kier molecular flexibility index (Phi) is 2.86. The number of carbonyl (C=O) groups excluding carboxylic acids is 1. The number of nitrogen functional groups attached to an aromatic ring is 1. The average Bonchev–Trinajstić information content (AvgIpc) is 2.63. The summed E-state index contributed by atoms with van der Waals surface area (Å²) in [6.07, 6.45) is 0.417. The van der Waals surface area contributed by atoms with Gasteiger partial charge in [-0.25, -0.2) is 4.79 Å². The average molecular weight is 235 g/mol. The van der Waals surface area contributed by atoms with E-state index in [0.717, 1.165) is 0 Å². The van der Waals surface area contributed by atoms with Gasteiger partial charge in [0, 0.05) is 24.3 Å². The number of carboxylic acids is 1. The van der Waals surface area contributed by atoms with E-state index in [0.29, 0.717) is 18.7 Å². The number of benzene rings is 1. The summed E-state index contributed by atoms with van der Waals surface area (Å²) in [6.45, 7) is 0.569. The Balaban J connectivity index is 2.10. The number of aromatic carboxylic acids is 1. The van der Waals surface area contributed by atoms with E-state index in [-0.39, 0.29) is 23.2 Å². The van der Waals surface area contributed by atoms with Gasteiger partial charge in [-0.3, -0.25) is 4.79 Å². The number of carboxylic acid groups (broad SMARTS) is 1. The van der Waals surface area contributed by atoms with Crippen molar-refractivity contribution in [3.8, 4) is 0 Å². The van der Waals surface area contributed by atoms with Gasteiger partial charge in [0.25, 0.3) is 0 Å². The van der Waals surface area contributed by atoms with Crippen LogP contribution in [0.3, 0.4) is 0 Å². The molecule has 1 atom stereocenters. The molecule has 2 rings (SSSR count). The maximum Gasteiger partial charge on any atom is 0.337 e. The van der Waals surface area contributed by atoms with Crippen molar-refractivity contribution in [2.24, 2.45) is 0 Å². The molecule has 0 bridgehead atoms. The maximum atomic E-state index is 11.0. The largest absolute Gasteiger partial charge is 0.478 e. The number of amides is 1. The first kappa shape index (κ1) is 11.3. The molecule has 6 heteroatoms. The van der Waals surface area contributed by atoms with Crippen LogP contribution in [0.1, 0.15) is 16.8 Å². The summed E-state index contributed by atoms with van der Waals surface area (Å²) >= 11 is 0. The van der Waals surface area contributed by atoms with Crippen molar-refractivity contribution < 1.29 is 14.7 Å². The summed E-state index contributed by atoms with van der Waals surface area (Å²) in [5.41, 5.74) is 6.63. The van der Waals surface area contributed by atoms with Crippen LogP contribution in [-0.2, 0) is 4.79 Å². The summed E-state index contributed by atoms with van der Waals surface area (Å²) in [4.78, 5) is 21.8. The van der Waals surface area contributed by atoms with Gasteiger partial charge >= 0.3 is 5.97 Å². The molecule has 5 N–H and O–H groups in total. The third-order valence-corrected chi connectivity index (χ3v) is 2.63. The minimum absolute atomic E-state index is 0.0117. The second-order valence-electron chi connectivity index (χ2n) is 3.96. The first-order valence-electron chi connectivity index (χ1n) is 5.22. The molecular formula is C11H13N3O3. The zero-order valence-corrected chi connectivity index (χ0v) is 9.06. The van der Waals surface area contributed by atoms with Crippen molar-refractivity contribution in [3.63, 3.8) is 0 Å². The van der Waals surface area contributed by atoms with E-state index in [2.05, 4.69) is 10.6 Å². The summed E-state index contributed by atoms with van der Waals surface area (Å²) in [7, 11) is 0. The molecule has 1 heterocycles. The van der Waals surface area contributed by atoms with Gasteiger partial charge in [-0.1, -0.05) is 0 Å². The number of hydrogen-bond acceptors (Lipinski definition) is 4. The normalized spacial score (nSPS) is 18.8. The molecular weight excluding hydrogens is 222 g/mol. The number of carbonyl (C=O) groups is 2. The van der Waals surface area contributed by atoms with Crippen molar-refractivity contribution in [1.82, 2.24) is 5.32 Å². The Morgan fingerprint density at radius 2 is 2.29 bits per heavy atom. The fraction of sp³-hybridized carbons (Fsp3) is 0.273. The quantitative estimate of drug-likeness (QED) is 0.563. The van der Waals surface area contributed by atoms with Crippen LogP contribution in [0.2, 0.25) is 0 Å². The topological polar surface area (TPSA) is 104 Å². The van der Waals surface area contributed by atoms with E-state index in [1.165, 1.54) is 6.07 Å². The van der Waals surface area contributed by atoms with Gasteiger partial charge in [0.05, 0.1) is 11.6 Å². The molecule has 1 aromatic carbocycles. The zero-order chi connectivity index (χ0) is 12.4. The highest BCUT2D eigenvalue weighted by atomic mass is 16.4. The molecule has 0 radical (unpaired) electrons. The molecule has 1 aliphatic heterocycles. The molecule has 0 spiro atoms. The first-order valence-corrected chi connectivity index (χ1v) is 5.22. The smallest absolute Gasteiger partial charge is 0.337 e. The highest BCUT2D eigenvalue weighted by Gasteiger charge is 2.21. The van der Waals surface area contributed by atoms with Gasteiger partial charge in [-0.05, 0) is 18.2 Å². The molecule has 0 aliphatic carbocycles. The van der Waals surface area contributed by atoms with Crippen LogP contribution >= 0.6 is 0 Å². The third kappa shape index (κ3) is 2.47. The third-order valence-electron chi connectivity index (χ3n) is 2.63. The minimum atomic E-state index is -1.05. The van der Waals surface area contributed by atoms with E-state index in [4.69, 9.17) is 10.8 Å². The molecule has 6 nitrogen and oxygen atoms in total. The number of hydrogen-bond donors (Lipinski definition) is 4. The van der Waals surface area contributed by atoms with Crippen molar-refractivity contribution in [1.29, 1.82) is 0 Å². The van der Waals surface area contributed by atoms with Gasteiger partial charge in [-0.2, -0.15) is 0 Å². The van der Waals surface area contributed by atoms with Gasteiger partial charge in [0.15, 0.2) is 0 Å². The predicted molar refractivity (Wildman–Crippen MR) is 62.9 cm³/mol. The molecule has 0 saturated carbocycles. The highest BCUT2D eigenvalue weighted by Crippen LogP contribution is 2.19. The maximum absolute atomic E-state index is 11.0. The van der Waals surface area contributed by atoms with Crippen LogP contribution in [0.15, 0.2) is 18.2 Å². The van der Waals surface area contributed by atoms with Crippen LogP contribution in [0.25, 0.3) is 0 Å². The highest BCUT2D eigenvalue weighted by molar-refractivity contribution is 5.94. The summed E-state index contributed by atoms with van der Waals surface area (Å²) in [5.74, 6) is -1.04. The fourth-order valence-electron chi connectivity index (χ4n) is 1.79. The van der Waals surface area contributed by atoms with Crippen molar-refractivity contribution in [3.05, 3.63) is 23.8 Å². The molecule has 1 unspecified atom stereocenters. The molecule has 1 saturated heterocycles. The van der Waals surface area contributed by atoms with Crippen LogP contribution in [0, 0.1) is 0 Å². The standard InChI is InChI=1S/C11H13N3O3/c12-9-3-6(1-2-8(9)11(16)17)14-7-4-10(15)13-5-7/h1-3,7,14H,4-5,12H2,(H,13,15)(H,16,17). The Labute approximate surface area is 97.8 Å². The Hall–Kier alpha value is -2.24. The Morgan fingerprint density at radius 1 is 1.53 bits per heavy atom. The summed E-state index contributed by atoms with van der Waals surface area (Å²) in [6, 6.07) is 4.68. The molecule has 0 aromatic heterocycles. The predicted octanol–water partition coefficient (Wildman–Crippen LogP) is 0.267. The summed E-state index contributed by atoms with van der Waals surface area (Å²) < 4.78 is 0. The molecule has 1 aromatic rings. The zero-order valence-electron chi connectivity index (χ0n) is 9.06. The summed E-state index contributed by atoms with van der Waals surface area (Å²) in [5, 5.41) is 14.6. The van der Waals surface area contributed by atoms with Crippen LogP contribution in [-0.4, -0.2) is 29.6 Å². The van der Waals surface area contributed by atoms with Crippen LogP contribution in [0.4, 0.5) is 11.4 Å². The van der Waals surface area contributed by atoms with Crippen molar-refractivity contribution in [2.75, 3.05) is 17.6 Å². The lowest BCUT2D eigenvalue weighted by Crippen LogP contribution is -2.22. The molecule has 1 fully saturated rings. The van der Waals surface area contributed by atoms with Crippen LogP contribution in [0.5, 0.6) is 0 Å². The van der Waals surface area contributed by atoms with Crippen LogP contribution < -0.4 is 16.4 Å².